The molecule has 0 saturated heterocycles. The summed E-state index contributed by atoms with van der Waals surface area (Å²) < 4.78 is 5.91. The average Bonchev–Trinajstić information content (AvgIpc) is 3.08. The molecule has 0 aliphatic heterocycles. The Kier molecular flexibility index (Phi) is 4.83. The van der Waals surface area contributed by atoms with Crippen LogP contribution in [-0.4, -0.2) is 16.9 Å². The van der Waals surface area contributed by atoms with E-state index < -0.39 is 10.8 Å². The number of nitro benzene ring substituents is 1. The first kappa shape index (κ1) is 16.8. The number of hydrogen-bond donors (Lipinski definition) is 2. The van der Waals surface area contributed by atoms with Gasteiger partial charge in [0.15, 0.2) is 0 Å². The van der Waals surface area contributed by atoms with Crippen molar-refractivity contribution in [3.8, 4) is 5.75 Å². The van der Waals surface area contributed by atoms with Crippen molar-refractivity contribution >= 4 is 23.0 Å². The zero-order valence-electron chi connectivity index (χ0n) is 13.6. The van der Waals surface area contributed by atoms with Crippen LogP contribution < -0.4 is 15.8 Å². The molecule has 130 valence electrons. The van der Waals surface area contributed by atoms with Crippen LogP contribution in [0.2, 0.25) is 0 Å². The Balaban J connectivity index is 1.72. The first-order valence-corrected chi connectivity index (χ1v) is 8.15. The van der Waals surface area contributed by atoms with E-state index in [2.05, 4.69) is 5.32 Å². The van der Waals surface area contributed by atoms with Crippen molar-refractivity contribution in [2.24, 2.45) is 0 Å². The number of carbonyl (C=O) groups excluding carboxylic acids is 1. The Labute approximate surface area is 144 Å². The zero-order chi connectivity index (χ0) is 17.8. The van der Waals surface area contributed by atoms with E-state index in [9.17, 15) is 14.9 Å². The highest BCUT2D eigenvalue weighted by molar-refractivity contribution is 6.05. The molecule has 7 heteroatoms. The number of nitrogens with zero attached hydrogens (tertiary/aromatic N) is 1. The lowest BCUT2D eigenvalue weighted by molar-refractivity contribution is -0.383. The number of nitrogen functional groups attached to an aromatic ring is 1. The van der Waals surface area contributed by atoms with E-state index in [-0.39, 0.29) is 23.0 Å². The minimum atomic E-state index is -0.609. The minimum absolute atomic E-state index is 0.0218. The number of nitrogens with one attached hydrogen (secondary N) is 1. The predicted octanol–water partition coefficient (Wildman–Crippen LogP) is 3.75. The molecule has 25 heavy (non-hydrogen) atoms. The molecule has 1 amide bonds. The Bertz CT molecular complexity index is 801. The second-order valence-electron chi connectivity index (χ2n) is 6.04. The second kappa shape index (κ2) is 7.21. The SMILES string of the molecule is Nc1ccc(C(=O)Nc2cccc(OC3CCCC3)c2)cc1[N+](=O)[O-]. The quantitative estimate of drug-likeness (QED) is 0.489. The molecule has 1 aliphatic rings. The molecule has 1 saturated carbocycles. The van der Waals surface area contributed by atoms with E-state index in [0.29, 0.717) is 11.4 Å². The van der Waals surface area contributed by atoms with Gasteiger partial charge in [-0.2, -0.15) is 0 Å². The third-order valence-electron chi connectivity index (χ3n) is 4.19. The molecule has 0 aromatic heterocycles. The van der Waals surface area contributed by atoms with Gasteiger partial charge in [-0.1, -0.05) is 6.07 Å². The number of amides is 1. The molecule has 0 bridgehead atoms. The number of rotatable bonds is 5. The van der Waals surface area contributed by atoms with Crippen LogP contribution in [0, 0.1) is 10.1 Å². The highest BCUT2D eigenvalue weighted by Gasteiger charge is 2.18. The maximum absolute atomic E-state index is 12.3. The Morgan fingerprint density at radius 3 is 2.68 bits per heavy atom. The summed E-state index contributed by atoms with van der Waals surface area (Å²) >= 11 is 0. The van der Waals surface area contributed by atoms with Gasteiger partial charge in [0.25, 0.3) is 11.6 Å². The van der Waals surface area contributed by atoms with E-state index in [4.69, 9.17) is 10.5 Å². The maximum atomic E-state index is 12.3. The van der Waals surface area contributed by atoms with Crippen molar-refractivity contribution in [3.05, 3.63) is 58.1 Å². The van der Waals surface area contributed by atoms with Crippen molar-refractivity contribution in [2.75, 3.05) is 11.1 Å². The first-order valence-electron chi connectivity index (χ1n) is 8.15. The molecule has 0 heterocycles. The van der Waals surface area contributed by atoms with Crippen LogP contribution in [0.25, 0.3) is 0 Å². The van der Waals surface area contributed by atoms with Crippen LogP contribution in [-0.2, 0) is 0 Å². The molecule has 3 rings (SSSR count). The Morgan fingerprint density at radius 2 is 1.96 bits per heavy atom. The smallest absolute Gasteiger partial charge is 0.292 e. The van der Waals surface area contributed by atoms with Crippen LogP contribution in [0.3, 0.4) is 0 Å². The minimum Gasteiger partial charge on any atom is -0.490 e. The average molecular weight is 341 g/mol. The summed E-state index contributed by atoms with van der Waals surface area (Å²) in [4.78, 5) is 22.7. The monoisotopic (exact) mass is 341 g/mol. The number of nitrogens with two attached hydrogens (primary N) is 1. The van der Waals surface area contributed by atoms with Gasteiger partial charge in [-0.3, -0.25) is 14.9 Å². The van der Waals surface area contributed by atoms with Gasteiger partial charge in [-0.25, -0.2) is 0 Å². The molecule has 0 atom stereocenters. The number of carbonyl (C=O) groups is 1. The van der Waals surface area contributed by atoms with Gasteiger partial charge < -0.3 is 15.8 Å². The van der Waals surface area contributed by atoms with E-state index in [0.717, 1.165) is 12.8 Å². The molecule has 1 fully saturated rings. The molecule has 0 radical (unpaired) electrons. The first-order chi connectivity index (χ1) is 12.0. The van der Waals surface area contributed by atoms with Gasteiger partial charge in [0.2, 0.25) is 0 Å². The van der Waals surface area contributed by atoms with Crippen molar-refractivity contribution in [3.63, 3.8) is 0 Å². The van der Waals surface area contributed by atoms with Crippen molar-refractivity contribution < 1.29 is 14.5 Å². The number of nitro groups is 1. The lowest BCUT2D eigenvalue weighted by Gasteiger charge is -2.14. The van der Waals surface area contributed by atoms with Crippen LogP contribution in [0.1, 0.15) is 36.0 Å². The zero-order valence-corrected chi connectivity index (χ0v) is 13.6. The highest BCUT2D eigenvalue weighted by Crippen LogP contribution is 2.26. The fraction of sp³-hybridized carbons (Fsp3) is 0.278. The van der Waals surface area contributed by atoms with Crippen molar-refractivity contribution in [2.45, 2.75) is 31.8 Å². The molecule has 3 N–H and O–H groups in total. The molecule has 2 aromatic rings. The number of ether oxygens (including phenoxy) is 1. The summed E-state index contributed by atoms with van der Waals surface area (Å²) in [7, 11) is 0. The van der Waals surface area contributed by atoms with Gasteiger partial charge in [-0.15, -0.1) is 0 Å². The molecule has 7 nitrogen and oxygen atoms in total. The third-order valence-corrected chi connectivity index (χ3v) is 4.19. The fourth-order valence-corrected chi connectivity index (χ4v) is 2.89. The van der Waals surface area contributed by atoms with Crippen LogP contribution in [0.15, 0.2) is 42.5 Å². The fourth-order valence-electron chi connectivity index (χ4n) is 2.89. The van der Waals surface area contributed by atoms with Crippen molar-refractivity contribution in [1.29, 1.82) is 0 Å². The summed E-state index contributed by atoms with van der Waals surface area (Å²) in [5.41, 5.74) is 6.03. The van der Waals surface area contributed by atoms with E-state index in [1.165, 1.54) is 31.0 Å². The molecule has 1 aliphatic carbocycles. The topological polar surface area (TPSA) is 107 Å². The van der Waals surface area contributed by atoms with E-state index in [1.807, 2.05) is 6.07 Å². The lowest BCUT2D eigenvalue weighted by atomic mass is 10.1. The molecule has 0 spiro atoms. The summed E-state index contributed by atoms with van der Waals surface area (Å²) in [5, 5.41) is 13.7. The Morgan fingerprint density at radius 1 is 1.20 bits per heavy atom. The van der Waals surface area contributed by atoms with Gasteiger partial charge >= 0.3 is 0 Å². The van der Waals surface area contributed by atoms with Crippen LogP contribution in [0.5, 0.6) is 5.75 Å². The molecule has 0 unspecified atom stereocenters. The summed E-state index contributed by atoms with van der Waals surface area (Å²) in [6, 6.07) is 11.1. The highest BCUT2D eigenvalue weighted by atomic mass is 16.6. The largest absolute Gasteiger partial charge is 0.490 e. The van der Waals surface area contributed by atoms with E-state index >= 15 is 0 Å². The number of benzene rings is 2. The van der Waals surface area contributed by atoms with Crippen LogP contribution in [0.4, 0.5) is 17.1 Å². The lowest BCUT2D eigenvalue weighted by Crippen LogP contribution is -2.13. The predicted molar refractivity (Wildman–Crippen MR) is 94.8 cm³/mol. The summed E-state index contributed by atoms with van der Waals surface area (Å²) in [6.45, 7) is 0. The summed E-state index contributed by atoms with van der Waals surface area (Å²) in [6.07, 6.45) is 4.68. The van der Waals surface area contributed by atoms with Gasteiger partial charge in [0, 0.05) is 23.4 Å². The van der Waals surface area contributed by atoms with Crippen molar-refractivity contribution in [1.82, 2.24) is 0 Å². The number of anilines is 2. The van der Waals surface area contributed by atoms with E-state index in [1.54, 1.807) is 18.2 Å². The third kappa shape index (κ3) is 4.06. The Hall–Kier alpha value is -3.09. The standard InChI is InChI=1S/C18H19N3O4/c19-16-9-8-12(10-17(16)21(23)24)18(22)20-13-4-3-7-15(11-13)25-14-5-1-2-6-14/h3-4,7-11,14H,1-2,5-6,19H2,(H,20,22). The molecule has 2 aromatic carbocycles. The molecular weight excluding hydrogens is 322 g/mol. The van der Waals surface area contributed by atoms with Crippen LogP contribution >= 0.6 is 0 Å². The normalized spacial score (nSPS) is 14.2. The molecular formula is C18H19N3O4. The van der Waals surface area contributed by atoms with Gasteiger partial charge in [-0.05, 0) is 49.9 Å². The maximum Gasteiger partial charge on any atom is 0.292 e. The second-order valence-corrected chi connectivity index (χ2v) is 6.04. The van der Waals surface area contributed by atoms with Gasteiger partial charge in [0.05, 0.1) is 11.0 Å². The number of hydrogen-bond acceptors (Lipinski definition) is 5. The summed E-state index contributed by atoms with van der Waals surface area (Å²) in [5.74, 6) is 0.258. The van der Waals surface area contributed by atoms with Gasteiger partial charge in [0.1, 0.15) is 11.4 Å².